The molecule has 0 aliphatic heterocycles. The standard InChI is InChI=1S/C9H13FN2O2S/c1-7(2)6-11-15(13,14)9-5-3-4-8(10)12-9/h3-5,7,11H,6H2,1-2H3. The second-order valence-electron chi connectivity index (χ2n) is 3.54. The van der Waals surface area contributed by atoms with Crippen LogP contribution in [-0.4, -0.2) is 19.9 Å². The lowest BCUT2D eigenvalue weighted by molar-refractivity contribution is 0.541. The summed E-state index contributed by atoms with van der Waals surface area (Å²) in [5, 5.41) is -0.289. The average molecular weight is 232 g/mol. The third-order valence-corrected chi connectivity index (χ3v) is 2.97. The molecule has 0 saturated carbocycles. The number of nitrogens with zero attached hydrogens (tertiary/aromatic N) is 1. The Bertz CT molecular complexity index is 431. The van der Waals surface area contributed by atoms with Gasteiger partial charge in [0.1, 0.15) is 0 Å². The highest BCUT2D eigenvalue weighted by molar-refractivity contribution is 7.89. The second-order valence-corrected chi connectivity index (χ2v) is 5.26. The van der Waals surface area contributed by atoms with Crippen molar-refractivity contribution in [1.82, 2.24) is 9.71 Å². The molecule has 1 aromatic heterocycles. The van der Waals surface area contributed by atoms with E-state index < -0.39 is 16.0 Å². The van der Waals surface area contributed by atoms with Gasteiger partial charge in [0.05, 0.1) is 0 Å². The topological polar surface area (TPSA) is 59.1 Å². The minimum absolute atomic E-state index is 0.188. The van der Waals surface area contributed by atoms with Gasteiger partial charge in [0.25, 0.3) is 10.0 Å². The SMILES string of the molecule is CC(C)CNS(=O)(=O)c1cccc(F)n1. The number of hydrogen-bond acceptors (Lipinski definition) is 3. The molecule has 1 heterocycles. The largest absolute Gasteiger partial charge is 0.258 e. The zero-order chi connectivity index (χ0) is 11.5. The summed E-state index contributed by atoms with van der Waals surface area (Å²) in [6.07, 6.45) is 0. The van der Waals surface area contributed by atoms with E-state index in [2.05, 4.69) is 9.71 Å². The minimum atomic E-state index is -3.68. The summed E-state index contributed by atoms with van der Waals surface area (Å²) in [4.78, 5) is 3.31. The lowest BCUT2D eigenvalue weighted by atomic mass is 10.2. The zero-order valence-corrected chi connectivity index (χ0v) is 9.38. The molecule has 0 spiro atoms. The van der Waals surface area contributed by atoms with Gasteiger partial charge in [0.2, 0.25) is 5.95 Å². The first-order valence-corrected chi connectivity index (χ1v) is 6.02. The fourth-order valence-corrected chi connectivity index (χ4v) is 2.06. The Hall–Kier alpha value is -1.01. The quantitative estimate of drug-likeness (QED) is 0.792. The van der Waals surface area contributed by atoms with Crippen LogP contribution in [0.15, 0.2) is 23.2 Å². The van der Waals surface area contributed by atoms with E-state index >= 15 is 0 Å². The molecule has 0 radical (unpaired) electrons. The van der Waals surface area contributed by atoms with Crippen LogP contribution in [0, 0.1) is 11.9 Å². The molecule has 0 saturated heterocycles. The van der Waals surface area contributed by atoms with E-state index in [1.165, 1.54) is 12.1 Å². The van der Waals surface area contributed by atoms with Gasteiger partial charge >= 0.3 is 0 Å². The fraction of sp³-hybridized carbons (Fsp3) is 0.444. The van der Waals surface area contributed by atoms with Crippen LogP contribution in [0.5, 0.6) is 0 Å². The van der Waals surface area contributed by atoms with Gasteiger partial charge in [-0.05, 0) is 18.1 Å². The smallest absolute Gasteiger partial charge is 0.210 e. The van der Waals surface area contributed by atoms with Crippen LogP contribution in [0.4, 0.5) is 4.39 Å². The van der Waals surface area contributed by atoms with E-state index in [-0.39, 0.29) is 10.9 Å². The lowest BCUT2D eigenvalue weighted by Crippen LogP contribution is -2.28. The van der Waals surface area contributed by atoms with Gasteiger partial charge in [0, 0.05) is 6.54 Å². The van der Waals surface area contributed by atoms with Crippen LogP contribution in [0.25, 0.3) is 0 Å². The Labute approximate surface area is 88.6 Å². The summed E-state index contributed by atoms with van der Waals surface area (Å²) in [5.41, 5.74) is 0. The lowest BCUT2D eigenvalue weighted by Gasteiger charge is -2.07. The van der Waals surface area contributed by atoms with Crippen LogP contribution < -0.4 is 4.72 Å². The summed E-state index contributed by atoms with van der Waals surface area (Å²) in [7, 11) is -3.68. The Kier molecular flexibility index (Phi) is 3.76. The number of halogens is 1. The van der Waals surface area contributed by atoms with Crippen molar-refractivity contribution < 1.29 is 12.8 Å². The number of aromatic nitrogens is 1. The number of sulfonamides is 1. The minimum Gasteiger partial charge on any atom is -0.210 e. The highest BCUT2D eigenvalue weighted by Crippen LogP contribution is 2.05. The number of pyridine rings is 1. The van der Waals surface area contributed by atoms with Crippen LogP contribution in [-0.2, 0) is 10.0 Å². The van der Waals surface area contributed by atoms with Crippen molar-refractivity contribution in [3.63, 3.8) is 0 Å². The Morgan fingerprint density at radius 1 is 1.47 bits per heavy atom. The normalized spacial score (nSPS) is 12.0. The molecule has 0 aromatic carbocycles. The van der Waals surface area contributed by atoms with Crippen molar-refractivity contribution in [3.8, 4) is 0 Å². The fourth-order valence-electron chi connectivity index (χ4n) is 0.890. The van der Waals surface area contributed by atoms with Gasteiger partial charge in [0.15, 0.2) is 5.03 Å². The summed E-state index contributed by atoms with van der Waals surface area (Å²) < 4.78 is 38.1. The molecule has 15 heavy (non-hydrogen) atoms. The molecule has 0 amide bonds. The van der Waals surface area contributed by atoms with Gasteiger partial charge in [-0.15, -0.1) is 0 Å². The van der Waals surface area contributed by atoms with Crippen LogP contribution in [0.3, 0.4) is 0 Å². The number of rotatable bonds is 4. The van der Waals surface area contributed by atoms with Crippen molar-refractivity contribution >= 4 is 10.0 Å². The summed E-state index contributed by atoms with van der Waals surface area (Å²) in [6, 6.07) is 3.67. The average Bonchev–Trinajstić information content (AvgIpc) is 2.15. The Morgan fingerprint density at radius 3 is 2.67 bits per heavy atom. The molecule has 84 valence electrons. The molecule has 0 unspecified atom stereocenters. The van der Waals surface area contributed by atoms with E-state index in [4.69, 9.17) is 0 Å². The molecule has 0 fully saturated rings. The van der Waals surface area contributed by atoms with E-state index in [1.54, 1.807) is 0 Å². The second kappa shape index (κ2) is 4.67. The highest BCUT2D eigenvalue weighted by atomic mass is 32.2. The maximum atomic E-state index is 12.7. The Balaban J connectivity index is 2.87. The molecule has 1 rings (SSSR count). The predicted octanol–water partition coefficient (Wildman–Crippen LogP) is 1.16. The maximum Gasteiger partial charge on any atom is 0.258 e. The molecule has 0 atom stereocenters. The van der Waals surface area contributed by atoms with Gasteiger partial charge in [-0.25, -0.2) is 18.1 Å². The molecule has 0 bridgehead atoms. The van der Waals surface area contributed by atoms with Crippen LogP contribution in [0.1, 0.15) is 13.8 Å². The highest BCUT2D eigenvalue weighted by Gasteiger charge is 2.15. The van der Waals surface area contributed by atoms with Gasteiger partial charge in [-0.2, -0.15) is 4.39 Å². The number of nitrogens with one attached hydrogen (secondary N) is 1. The molecule has 0 aliphatic carbocycles. The van der Waals surface area contributed by atoms with Crippen molar-refractivity contribution in [3.05, 3.63) is 24.1 Å². The van der Waals surface area contributed by atoms with Gasteiger partial charge < -0.3 is 0 Å². The first-order valence-electron chi connectivity index (χ1n) is 4.54. The Morgan fingerprint density at radius 2 is 2.13 bits per heavy atom. The molecule has 4 nitrogen and oxygen atoms in total. The number of hydrogen-bond donors (Lipinski definition) is 1. The molecule has 0 aliphatic rings. The van der Waals surface area contributed by atoms with E-state index in [9.17, 15) is 12.8 Å². The van der Waals surface area contributed by atoms with Gasteiger partial charge in [-0.3, -0.25) is 0 Å². The first-order chi connectivity index (χ1) is 6.92. The van der Waals surface area contributed by atoms with E-state index in [1.807, 2.05) is 13.8 Å². The van der Waals surface area contributed by atoms with Gasteiger partial charge in [-0.1, -0.05) is 19.9 Å². The van der Waals surface area contributed by atoms with E-state index in [0.717, 1.165) is 6.07 Å². The van der Waals surface area contributed by atoms with Crippen molar-refractivity contribution in [2.24, 2.45) is 5.92 Å². The van der Waals surface area contributed by atoms with Crippen molar-refractivity contribution in [2.45, 2.75) is 18.9 Å². The summed E-state index contributed by atoms with van der Waals surface area (Å²) in [5.74, 6) is -0.615. The van der Waals surface area contributed by atoms with Crippen LogP contribution in [0.2, 0.25) is 0 Å². The summed E-state index contributed by atoms with van der Waals surface area (Å²) in [6.45, 7) is 4.06. The van der Waals surface area contributed by atoms with Crippen LogP contribution >= 0.6 is 0 Å². The molecule has 1 aromatic rings. The summed E-state index contributed by atoms with van der Waals surface area (Å²) >= 11 is 0. The first kappa shape index (κ1) is 12.1. The van der Waals surface area contributed by atoms with E-state index in [0.29, 0.717) is 6.54 Å². The molecular weight excluding hydrogens is 219 g/mol. The zero-order valence-electron chi connectivity index (χ0n) is 8.57. The predicted molar refractivity (Wildman–Crippen MR) is 54.2 cm³/mol. The monoisotopic (exact) mass is 232 g/mol. The molecular formula is C9H13FN2O2S. The molecule has 1 N–H and O–H groups in total. The molecule has 6 heteroatoms. The van der Waals surface area contributed by atoms with Crippen molar-refractivity contribution in [1.29, 1.82) is 0 Å². The maximum absolute atomic E-state index is 12.7. The third kappa shape index (κ3) is 3.56. The third-order valence-electron chi connectivity index (χ3n) is 1.65. The van der Waals surface area contributed by atoms with Crippen molar-refractivity contribution in [2.75, 3.05) is 6.54 Å².